The van der Waals surface area contributed by atoms with Crippen LogP contribution in [-0.2, 0) is 0 Å². The number of hydrogen-bond donors (Lipinski definition) is 1. The van der Waals surface area contributed by atoms with Gasteiger partial charge in [-0.3, -0.25) is 5.10 Å². The summed E-state index contributed by atoms with van der Waals surface area (Å²) in [5.74, 6) is 1.49. The van der Waals surface area contributed by atoms with Crippen LogP contribution in [0.3, 0.4) is 0 Å². The molecule has 2 aliphatic rings. The van der Waals surface area contributed by atoms with Crippen molar-refractivity contribution in [2.75, 3.05) is 18.0 Å². The smallest absolute Gasteiger partial charge is 0.216 e. The molecule has 2 fully saturated rings. The Morgan fingerprint density at radius 2 is 2.09 bits per heavy atom. The highest BCUT2D eigenvalue weighted by Gasteiger charge is 2.29. The topological polar surface area (TPSA) is 49.2 Å². The third kappa shape index (κ3) is 2.87. The third-order valence-electron chi connectivity index (χ3n) is 4.20. The van der Waals surface area contributed by atoms with Crippen LogP contribution < -0.4 is 4.90 Å². The first-order chi connectivity index (χ1) is 10.8. The van der Waals surface area contributed by atoms with Gasteiger partial charge in [0, 0.05) is 23.9 Å². The van der Waals surface area contributed by atoms with E-state index in [1.807, 2.05) is 6.21 Å². The maximum Gasteiger partial charge on any atom is 0.216 e. The molecule has 0 bridgehead atoms. The Labute approximate surface area is 138 Å². The van der Waals surface area contributed by atoms with Crippen LogP contribution in [0.25, 0.3) is 0 Å². The third-order valence-corrected chi connectivity index (χ3v) is 5.54. The Hall–Kier alpha value is -1.47. The monoisotopic (exact) mass is 333 g/mol. The van der Waals surface area contributed by atoms with Crippen LogP contribution in [0, 0.1) is 4.77 Å². The van der Waals surface area contributed by atoms with Crippen molar-refractivity contribution >= 4 is 34.8 Å². The number of piperidine rings is 1. The summed E-state index contributed by atoms with van der Waals surface area (Å²) in [4.78, 5) is 3.63. The second-order valence-corrected chi connectivity index (χ2v) is 7.42. The number of nitrogens with one attached hydrogen (secondary N) is 1. The van der Waals surface area contributed by atoms with Gasteiger partial charge in [-0.2, -0.15) is 14.9 Å². The Kier molecular flexibility index (Phi) is 3.83. The average Bonchev–Trinajstić information content (AvgIpc) is 3.17. The van der Waals surface area contributed by atoms with Crippen molar-refractivity contribution in [3.63, 3.8) is 0 Å². The van der Waals surface area contributed by atoms with Gasteiger partial charge in [0.2, 0.25) is 4.77 Å². The molecule has 4 rings (SSSR count). The molecule has 2 aromatic rings. The molecule has 0 spiro atoms. The molecular formula is C15H19N5S2. The lowest BCUT2D eigenvalue weighted by atomic mass is 10.1. The minimum atomic E-state index is 0.525. The van der Waals surface area contributed by atoms with E-state index >= 15 is 0 Å². The summed E-state index contributed by atoms with van der Waals surface area (Å²) in [7, 11) is 0. The van der Waals surface area contributed by atoms with Gasteiger partial charge in [-0.1, -0.05) is 0 Å². The van der Waals surface area contributed by atoms with E-state index in [2.05, 4.69) is 32.3 Å². The summed E-state index contributed by atoms with van der Waals surface area (Å²) in [5.41, 5.74) is 0. The number of anilines is 1. The maximum atomic E-state index is 5.27. The van der Waals surface area contributed by atoms with Crippen LogP contribution >= 0.6 is 23.6 Å². The molecule has 0 atom stereocenters. The van der Waals surface area contributed by atoms with Crippen LogP contribution in [0.1, 0.15) is 48.7 Å². The zero-order valence-corrected chi connectivity index (χ0v) is 14.0. The maximum absolute atomic E-state index is 5.27. The molecule has 1 saturated heterocycles. The molecule has 0 unspecified atom stereocenters. The van der Waals surface area contributed by atoms with Crippen molar-refractivity contribution in [3.05, 3.63) is 27.6 Å². The first-order valence-electron chi connectivity index (χ1n) is 7.88. The number of aromatic nitrogens is 3. The van der Waals surface area contributed by atoms with Crippen LogP contribution in [0.4, 0.5) is 5.00 Å². The molecule has 1 saturated carbocycles. The van der Waals surface area contributed by atoms with Gasteiger partial charge in [0.25, 0.3) is 0 Å². The number of hydrogen-bond acceptors (Lipinski definition) is 5. The summed E-state index contributed by atoms with van der Waals surface area (Å²) >= 11 is 7.06. The molecule has 22 heavy (non-hydrogen) atoms. The second kappa shape index (κ2) is 5.96. The van der Waals surface area contributed by atoms with Gasteiger partial charge in [-0.25, -0.2) is 0 Å². The molecule has 7 heteroatoms. The first kappa shape index (κ1) is 14.1. The number of nitrogens with zero attached hydrogens (tertiary/aromatic N) is 4. The number of H-pyrrole nitrogens is 1. The van der Waals surface area contributed by atoms with Crippen LogP contribution in [-0.4, -0.2) is 34.2 Å². The quantitative estimate of drug-likeness (QED) is 0.685. The molecule has 116 valence electrons. The predicted octanol–water partition coefficient (Wildman–Crippen LogP) is 3.75. The predicted molar refractivity (Wildman–Crippen MR) is 92.8 cm³/mol. The number of rotatable bonds is 4. The molecule has 1 N–H and O–H groups in total. The molecule has 5 nitrogen and oxygen atoms in total. The fourth-order valence-electron chi connectivity index (χ4n) is 2.83. The standard InChI is InChI=1S/C15H19N5S2/c21-15-18-17-14(11-4-5-11)20(15)16-10-12-6-7-13(22-12)19-8-2-1-3-9-19/h6-7,10-11H,1-5,8-9H2,(H,18,21)/b16-10-. The van der Waals surface area contributed by atoms with E-state index in [1.165, 1.54) is 50.2 Å². The number of thiophene rings is 1. The van der Waals surface area contributed by atoms with E-state index in [9.17, 15) is 0 Å². The van der Waals surface area contributed by atoms with Gasteiger partial charge in [0.15, 0.2) is 5.82 Å². The molecule has 1 aliphatic carbocycles. The van der Waals surface area contributed by atoms with Gasteiger partial charge in [0.1, 0.15) is 0 Å². The lowest BCUT2D eigenvalue weighted by Crippen LogP contribution is -2.28. The van der Waals surface area contributed by atoms with E-state index < -0.39 is 0 Å². The summed E-state index contributed by atoms with van der Waals surface area (Å²) in [6, 6.07) is 4.34. The van der Waals surface area contributed by atoms with Gasteiger partial charge >= 0.3 is 0 Å². The largest absolute Gasteiger partial charge is 0.363 e. The Morgan fingerprint density at radius 1 is 1.27 bits per heavy atom. The zero-order valence-electron chi connectivity index (χ0n) is 12.4. The Bertz CT molecular complexity index is 731. The molecule has 1 aliphatic heterocycles. The molecule has 0 amide bonds. The first-order valence-corrected chi connectivity index (χ1v) is 9.10. The summed E-state index contributed by atoms with van der Waals surface area (Å²) in [6.07, 6.45) is 8.24. The van der Waals surface area contributed by atoms with Gasteiger partial charge in [0.05, 0.1) is 11.2 Å². The normalized spacial score (nSPS) is 19.2. The minimum absolute atomic E-state index is 0.525. The van der Waals surface area contributed by atoms with Crippen molar-refractivity contribution in [1.82, 2.24) is 14.9 Å². The van der Waals surface area contributed by atoms with E-state index in [4.69, 9.17) is 12.2 Å². The van der Waals surface area contributed by atoms with Gasteiger partial charge in [-0.15, -0.1) is 11.3 Å². The zero-order chi connectivity index (χ0) is 14.9. The summed E-state index contributed by atoms with van der Waals surface area (Å²) in [6.45, 7) is 2.35. The van der Waals surface area contributed by atoms with Crippen molar-refractivity contribution in [3.8, 4) is 0 Å². The van der Waals surface area contributed by atoms with Crippen molar-refractivity contribution in [1.29, 1.82) is 0 Å². The molecule has 0 radical (unpaired) electrons. The van der Waals surface area contributed by atoms with E-state index in [-0.39, 0.29) is 0 Å². The number of aromatic amines is 1. The highest BCUT2D eigenvalue weighted by atomic mass is 32.1. The highest BCUT2D eigenvalue weighted by molar-refractivity contribution is 7.71. The Balaban J connectivity index is 1.52. The molecule has 2 aromatic heterocycles. The van der Waals surface area contributed by atoms with Gasteiger partial charge < -0.3 is 4.90 Å². The minimum Gasteiger partial charge on any atom is -0.363 e. The Morgan fingerprint density at radius 3 is 2.86 bits per heavy atom. The van der Waals surface area contributed by atoms with Crippen LogP contribution in [0.5, 0.6) is 0 Å². The molecular weight excluding hydrogens is 314 g/mol. The van der Waals surface area contributed by atoms with E-state index in [0.717, 1.165) is 10.7 Å². The van der Waals surface area contributed by atoms with Crippen LogP contribution in [0.2, 0.25) is 0 Å². The lowest BCUT2D eigenvalue weighted by Gasteiger charge is -2.27. The van der Waals surface area contributed by atoms with Crippen LogP contribution in [0.15, 0.2) is 17.2 Å². The fraction of sp³-hybridized carbons (Fsp3) is 0.533. The fourth-order valence-corrected chi connectivity index (χ4v) is 3.94. The molecule has 0 aromatic carbocycles. The average molecular weight is 333 g/mol. The molecule has 3 heterocycles. The highest BCUT2D eigenvalue weighted by Crippen LogP contribution is 2.38. The lowest BCUT2D eigenvalue weighted by molar-refractivity contribution is 0.580. The van der Waals surface area contributed by atoms with Crippen molar-refractivity contribution < 1.29 is 0 Å². The summed E-state index contributed by atoms with van der Waals surface area (Å²) in [5, 5.41) is 13.0. The van der Waals surface area contributed by atoms with Crippen molar-refractivity contribution in [2.45, 2.75) is 38.0 Å². The van der Waals surface area contributed by atoms with Gasteiger partial charge in [-0.05, 0) is 56.5 Å². The van der Waals surface area contributed by atoms with E-state index in [0.29, 0.717) is 10.7 Å². The van der Waals surface area contributed by atoms with Crippen molar-refractivity contribution in [2.24, 2.45) is 5.10 Å². The second-order valence-electron chi connectivity index (χ2n) is 5.94. The SMILES string of the molecule is S=c1[nH]nc(C2CC2)n1/N=C\c1ccc(N2CCCCC2)s1. The summed E-state index contributed by atoms with van der Waals surface area (Å²) < 4.78 is 2.35. The van der Waals surface area contributed by atoms with E-state index in [1.54, 1.807) is 16.0 Å².